The molecule has 19 heavy (non-hydrogen) atoms. The van der Waals surface area contributed by atoms with Crippen LogP contribution in [0, 0.1) is 11.7 Å². The molecule has 2 N–H and O–H groups in total. The maximum absolute atomic E-state index is 13.2. The van der Waals surface area contributed by atoms with Crippen LogP contribution in [0.4, 0.5) is 4.39 Å². The molecule has 0 spiro atoms. The fraction of sp³-hybridized carbons (Fsp3) is 0.250. The Hall–Kier alpha value is -1.19. The Bertz CT molecular complexity index is 525. The zero-order valence-electron chi connectivity index (χ0n) is 10.7. The van der Waals surface area contributed by atoms with E-state index in [9.17, 15) is 4.39 Å². The molecule has 2 aromatic carbocycles. The Balaban J connectivity index is 2.02. The highest BCUT2D eigenvalue weighted by Gasteiger charge is 2.09. The quantitative estimate of drug-likeness (QED) is 0.886. The molecule has 0 amide bonds. The van der Waals surface area contributed by atoms with Gasteiger partial charge in [0.25, 0.3) is 0 Å². The van der Waals surface area contributed by atoms with Crippen molar-refractivity contribution in [1.82, 2.24) is 0 Å². The highest BCUT2D eigenvalue weighted by molar-refractivity contribution is 9.10. The smallest absolute Gasteiger partial charge is 0.123 e. The van der Waals surface area contributed by atoms with Crippen LogP contribution in [-0.4, -0.2) is 6.54 Å². The molecule has 1 nitrogen and oxygen atoms in total. The van der Waals surface area contributed by atoms with E-state index >= 15 is 0 Å². The Morgan fingerprint density at radius 3 is 2.32 bits per heavy atom. The summed E-state index contributed by atoms with van der Waals surface area (Å²) >= 11 is 3.42. The van der Waals surface area contributed by atoms with Gasteiger partial charge < -0.3 is 5.73 Å². The van der Waals surface area contributed by atoms with Crippen molar-refractivity contribution in [3.05, 3.63) is 69.9 Å². The Labute approximate surface area is 121 Å². The molecule has 0 aliphatic carbocycles. The van der Waals surface area contributed by atoms with Crippen molar-refractivity contribution in [3.8, 4) is 0 Å². The van der Waals surface area contributed by atoms with Gasteiger partial charge in [-0.3, -0.25) is 0 Å². The molecule has 3 heteroatoms. The van der Waals surface area contributed by atoms with Crippen LogP contribution in [0.5, 0.6) is 0 Å². The second-order valence-corrected chi connectivity index (χ2v) is 5.68. The molecule has 100 valence electrons. The van der Waals surface area contributed by atoms with Crippen molar-refractivity contribution < 1.29 is 4.39 Å². The van der Waals surface area contributed by atoms with Gasteiger partial charge >= 0.3 is 0 Å². The first-order chi connectivity index (χ1) is 9.17. The van der Waals surface area contributed by atoms with E-state index in [-0.39, 0.29) is 5.82 Å². The highest BCUT2D eigenvalue weighted by Crippen LogP contribution is 2.17. The first-order valence-electron chi connectivity index (χ1n) is 6.36. The molecular weight excluding hydrogens is 305 g/mol. The first kappa shape index (κ1) is 14.2. The Kier molecular flexibility index (Phi) is 5.11. The molecule has 0 radical (unpaired) electrons. The summed E-state index contributed by atoms with van der Waals surface area (Å²) in [7, 11) is 0. The lowest BCUT2D eigenvalue weighted by atomic mass is 9.93. The summed E-state index contributed by atoms with van der Waals surface area (Å²) in [5.41, 5.74) is 8.10. The minimum absolute atomic E-state index is 0.183. The molecule has 0 aromatic heterocycles. The Morgan fingerprint density at radius 2 is 1.68 bits per heavy atom. The maximum atomic E-state index is 13.2. The van der Waals surface area contributed by atoms with Gasteiger partial charge in [0.2, 0.25) is 0 Å². The molecule has 1 unspecified atom stereocenters. The van der Waals surface area contributed by atoms with Crippen molar-refractivity contribution in [2.45, 2.75) is 12.8 Å². The standard InChI is InChI=1S/C16H17BrFN/c17-15-6-4-12(5-7-15)8-14(11-19)9-13-2-1-3-16(18)10-13/h1-7,10,14H,8-9,11,19H2. The van der Waals surface area contributed by atoms with Crippen LogP contribution in [0.2, 0.25) is 0 Å². The van der Waals surface area contributed by atoms with Crippen molar-refractivity contribution >= 4 is 15.9 Å². The van der Waals surface area contributed by atoms with Crippen molar-refractivity contribution in [2.24, 2.45) is 11.7 Å². The van der Waals surface area contributed by atoms with Gasteiger partial charge in [-0.15, -0.1) is 0 Å². The van der Waals surface area contributed by atoms with Crippen LogP contribution in [0.15, 0.2) is 53.0 Å². The number of halogens is 2. The molecule has 0 aliphatic heterocycles. The average Bonchev–Trinajstić information content (AvgIpc) is 2.40. The summed E-state index contributed by atoms with van der Waals surface area (Å²) in [5.74, 6) is 0.153. The third kappa shape index (κ3) is 4.44. The van der Waals surface area contributed by atoms with E-state index in [0.717, 1.165) is 22.9 Å². The molecule has 2 rings (SSSR count). The molecule has 0 heterocycles. The zero-order chi connectivity index (χ0) is 13.7. The number of benzene rings is 2. The Morgan fingerprint density at radius 1 is 1.00 bits per heavy atom. The lowest BCUT2D eigenvalue weighted by Gasteiger charge is -2.15. The minimum Gasteiger partial charge on any atom is -0.330 e. The lowest BCUT2D eigenvalue weighted by molar-refractivity contribution is 0.530. The van der Waals surface area contributed by atoms with Crippen LogP contribution < -0.4 is 5.73 Å². The summed E-state index contributed by atoms with van der Waals surface area (Å²) < 4.78 is 14.2. The second-order valence-electron chi connectivity index (χ2n) is 4.77. The predicted octanol–water partition coefficient (Wildman–Crippen LogP) is 3.95. The molecule has 0 saturated carbocycles. The minimum atomic E-state index is -0.183. The molecule has 1 atom stereocenters. The van der Waals surface area contributed by atoms with E-state index in [2.05, 4.69) is 28.1 Å². The SMILES string of the molecule is NCC(Cc1ccc(Br)cc1)Cc1cccc(F)c1. The van der Waals surface area contributed by atoms with E-state index < -0.39 is 0 Å². The van der Waals surface area contributed by atoms with Gasteiger partial charge in [0.15, 0.2) is 0 Å². The van der Waals surface area contributed by atoms with Gasteiger partial charge in [0.05, 0.1) is 0 Å². The normalized spacial score (nSPS) is 12.4. The number of nitrogens with two attached hydrogens (primary N) is 1. The number of rotatable bonds is 5. The van der Waals surface area contributed by atoms with Gasteiger partial charge in [-0.05, 0) is 60.7 Å². The third-order valence-corrected chi connectivity index (χ3v) is 3.71. The van der Waals surface area contributed by atoms with Crippen LogP contribution in [0.25, 0.3) is 0 Å². The number of hydrogen-bond donors (Lipinski definition) is 1. The lowest BCUT2D eigenvalue weighted by Crippen LogP contribution is -2.19. The first-order valence-corrected chi connectivity index (χ1v) is 7.15. The van der Waals surface area contributed by atoms with Crippen molar-refractivity contribution in [3.63, 3.8) is 0 Å². The van der Waals surface area contributed by atoms with Gasteiger partial charge in [-0.2, -0.15) is 0 Å². The van der Waals surface area contributed by atoms with Crippen molar-refractivity contribution in [2.75, 3.05) is 6.54 Å². The molecular formula is C16H17BrFN. The van der Waals surface area contributed by atoms with E-state index in [4.69, 9.17) is 5.73 Å². The van der Waals surface area contributed by atoms with Crippen LogP contribution >= 0.6 is 15.9 Å². The molecule has 0 bridgehead atoms. The summed E-state index contributed by atoms with van der Waals surface area (Å²) in [6.07, 6.45) is 1.73. The van der Waals surface area contributed by atoms with E-state index in [1.807, 2.05) is 18.2 Å². The topological polar surface area (TPSA) is 26.0 Å². The maximum Gasteiger partial charge on any atom is 0.123 e. The predicted molar refractivity (Wildman–Crippen MR) is 80.5 cm³/mol. The zero-order valence-corrected chi connectivity index (χ0v) is 12.2. The average molecular weight is 322 g/mol. The van der Waals surface area contributed by atoms with Gasteiger partial charge in [0.1, 0.15) is 5.82 Å². The summed E-state index contributed by atoms with van der Waals surface area (Å²) in [6, 6.07) is 15.0. The monoisotopic (exact) mass is 321 g/mol. The summed E-state index contributed by atoms with van der Waals surface area (Å²) in [4.78, 5) is 0. The van der Waals surface area contributed by atoms with Crippen LogP contribution in [-0.2, 0) is 12.8 Å². The fourth-order valence-electron chi connectivity index (χ4n) is 2.19. The molecule has 0 saturated heterocycles. The van der Waals surface area contributed by atoms with Crippen molar-refractivity contribution in [1.29, 1.82) is 0 Å². The summed E-state index contributed by atoms with van der Waals surface area (Å²) in [5, 5.41) is 0. The third-order valence-electron chi connectivity index (χ3n) is 3.18. The molecule has 0 aliphatic rings. The van der Waals surface area contributed by atoms with E-state index in [1.165, 1.54) is 11.6 Å². The van der Waals surface area contributed by atoms with Crippen LogP contribution in [0.3, 0.4) is 0 Å². The summed E-state index contributed by atoms with van der Waals surface area (Å²) in [6.45, 7) is 0.604. The van der Waals surface area contributed by atoms with E-state index in [1.54, 1.807) is 12.1 Å². The van der Waals surface area contributed by atoms with Gasteiger partial charge in [0, 0.05) is 4.47 Å². The number of hydrogen-bond acceptors (Lipinski definition) is 1. The van der Waals surface area contributed by atoms with Gasteiger partial charge in [-0.25, -0.2) is 4.39 Å². The fourth-order valence-corrected chi connectivity index (χ4v) is 2.45. The van der Waals surface area contributed by atoms with E-state index in [0.29, 0.717) is 12.5 Å². The molecule has 0 fully saturated rings. The van der Waals surface area contributed by atoms with Gasteiger partial charge in [-0.1, -0.05) is 40.2 Å². The second kappa shape index (κ2) is 6.83. The van der Waals surface area contributed by atoms with Crippen LogP contribution in [0.1, 0.15) is 11.1 Å². The molecule has 2 aromatic rings. The highest BCUT2D eigenvalue weighted by atomic mass is 79.9. The largest absolute Gasteiger partial charge is 0.330 e.